The minimum absolute atomic E-state index is 0. The van der Waals surface area contributed by atoms with Gasteiger partial charge in [0.25, 0.3) is 5.91 Å². The molecule has 1 saturated heterocycles. The van der Waals surface area contributed by atoms with Crippen molar-refractivity contribution in [1.29, 1.82) is 0 Å². The van der Waals surface area contributed by atoms with Crippen molar-refractivity contribution in [2.45, 2.75) is 6.17 Å². The van der Waals surface area contributed by atoms with Gasteiger partial charge in [0.05, 0.1) is 0 Å². The molecule has 1 atom stereocenters. The first-order valence-electron chi connectivity index (χ1n) is 1.36. The Bertz CT molecular complexity index is 75.3. The number of nitrogens with one attached hydrogen (secondary N) is 1. The van der Waals surface area contributed by atoms with Crippen LogP contribution in [0.2, 0.25) is 0 Å². The SMILES string of the molecule is NC1NC1=O.[Ac].[CH3-]. The molecule has 0 aromatic heterocycles. The summed E-state index contributed by atoms with van der Waals surface area (Å²) in [5.41, 5.74) is 4.91. The van der Waals surface area contributed by atoms with Crippen LogP contribution >= 0.6 is 0 Å². The van der Waals surface area contributed by atoms with Gasteiger partial charge in [0.2, 0.25) is 0 Å². The zero-order chi connectivity index (χ0) is 3.86. The molecule has 0 bridgehead atoms. The second-order valence-corrected chi connectivity index (χ2v) is 0.986. The van der Waals surface area contributed by atoms with Crippen molar-refractivity contribution in [3.05, 3.63) is 7.43 Å². The molecule has 3 N–H and O–H groups in total. The second-order valence-electron chi connectivity index (χ2n) is 0.986. The van der Waals surface area contributed by atoms with Crippen molar-refractivity contribution in [3.63, 3.8) is 0 Å². The number of carbonyl (C=O) groups excluding carboxylic acids is 1. The number of nitrogens with two attached hydrogens (primary N) is 1. The van der Waals surface area contributed by atoms with Crippen molar-refractivity contribution in [1.82, 2.24) is 5.32 Å². The van der Waals surface area contributed by atoms with Crippen molar-refractivity contribution in [2.24, 2.45) is 5.73 Å². The van der Waals surface area contributed by atoms with Crippen molar-refractivity contribution in [3.8, 4) is 0 Å². The Labute approximate surface area is 78.6 Å². The Kier molecular flexibility index (Phi) is 5.89. The minimum Gasteiger partial charge on any atom is -0.358 e. The summed E-state index contributed by atoms with van der Waals surface area (Å²) >= 11 is 0. The quantitative estimate of drug-likeness (QED) is 0.438. The first-order chi connectivity index (χ1) is 2.30. The molecule has 1 fully saturated rings. The molecule has 1 heterocycles. The third kappa shape index (κ3) is 3.45. The van der Waals surface area contributed by atoms with E-state index in [1.807, 2.05) is 0 Å². The molecule has 1 aliphatic rings. The van der Waals surface area contributed by atoms with Gasteiger partial charge in [0, 0.05) is 44.1 Å². The average molecular weight is 314 g/mol. The molecule has 0 saturated carbocycles. The van der Waals surface area contributed by atoms with E-state index in [0.29, 0.717) is 0 Å². The van der Waals surface area contributed by atoms with Crippen LogP contribution in [0.25, 0.3) is 0 Å². The zero-order valence-corrected chi connectivity index (χ0v) is 8.89. The molecule has 7 heavy (non-hydrogen) atoms. The largest absolute Gasteiger partial charge is 0.358 e. The van der Waals surface area contributed by atoms with Gasteiger partial charge in [-0.2, -0.15) is 0 Å². The van der Waals surface area contributed by atoms with E-state index in [1.165, 1.54) is 0 Å². The Morgan fingerprint density at radius 1 is 1.71 bits per heavy atom. The van der Waals surface area contributed by atoms with E-state index >= 15 is 0 Å². The number of rotatable bonds is 0. The molecular formula is C3H7AcN2O-. The Morgan fingerprint density at radius 3 is 1.86 bits per heavy atom. The smallest absolute Gasteiger partial charge is 0.259 e. The van der Waals surface area contributed by atoms with Gasteiger partial charge in [-0.1, -0.05) is 0 Å². The fourth-order valence-electron chi connectivity index (χ4n) is 0.112. The Morgan fingerprint density at radius 2 is 1.86 bits per heavy atom. The minimum atomic E-state index is -0.338. The molecule has 0 aromatic carbocycles. The van der Waals surface area contributed by atoms with Crippen LogP contribution in [0.3, 0.4) is 0 Å². The van der Waals surface area contributed by atoms with E-state index in [1.54, 1.807) is 0 Å². The monoisotopic (exact) mass is 314 g/mol. The maximum atomic E-state index is 9.65. The fraction of sp³-hybridized carbons (Fsp3) is 0.333. The third-order valence-corrected chi connectivity index (χ3v) is 0.497. The first kappa shape index (κ1) is 10.8. The normalized spacial score (nSPS) is 23.6. The summed E-state index contributed by atoms with van der Waals surface area (Å²) in [6.07, 6.45) is -0.338. The van der Waals surface area contributed by atoms with Crippen LogP contribution in [0.5, 0.6) is 0 Å². The summed E-state index contributed by atoms with van der Waals surface area (Å²) in [4.78, 5) is 9.65. The van der Waals surface area contributed by atoms with Crippen molar-refractivity contribution in [2.75, 3.05) is 0 Å². The molecule has 1 rings (SSSR count). The van der Waals surface area contributed by atoms with Crippen LogP contribution in [-0.4, -0.2) is 12.1 Å². The molecular weight excluding hydrogens is 307 g/mol. The van der Waals surface area contributed by atoms with Crippen LogP contribution in [-0.2, 0) is 4.79 Å². The average Bonchev–Trinajstić information content (AvgIpc) is 1.79. The van der Waals surface area contributed by atoms with Crippen LogP contribution < -0.4 is 11.1 Å². The van der Waals surface area contributed by atoms with Crippen LogP contribution in [0, 0.1) is 51.5 Å². The number of hydrogen-bond donors (Lipinski definition) is 2. The zero-order valence-electron chi connectivity index (χ0n) is 4.14. The number of hydrogen-bond acceptors (Lipinski definition) is 2. The van der Waals surface area contributed by atoms with Crippen molar-refractivity contribution >= 4 is 5.91 Å². The van der Waals surface area contributed by atoms with E-state index < -0.39 is 0 Å². The van der Waals surface area contributed by atoms with Gasteiger partial charge in [-0.3, -0.25) is 4.79 Å². The Hall–Kier alpha value is 0.872. The molecule has 0 aliphatic carbocycles. The summed E-state index contributed by atoms with van der Waals surface area (Å²) in [6, 6.07) is 0. The van der Waals surface area contributed by atoms with E-state index in [-0.39, 0.29) is 63.6 Å². The van der Waals surface area contributed by atoms with E-state index in [2.05, 4.69) is 5.32 Å². The van der Waals surface area contributed by atoms with Gasteiger partial charge in [0.15, 0.2) is 6.17 Å². The maximum absolute atomic E-state index is 9.65. The molecule has 1 radical (unpaired) electrons. The maximum Gasteiger partial charge on any atom is 0.259 e. The fourth-order valence-corrected chi connectivity index (χ4v) is 0.112. The molecule has 0 spiro atoms. The van der Waals surface area contributed by atoms with Crippen LogP contribution in [0.4, 0.5) is 0 Å². The van der Waals surface area contributed by atoms with Crippen LogP contribution in [0.1, 0.15) is 0 Å². The van der Waals surface area contributed by atoms with E-state index in [9.17, 15) is 4.79 Å². The third-order valence-electron chi connectivity index (χ3n) is 0.497. The van der Waals surface area contributed by atoms with E-state index in [0.717, 1.165) is 0 Å². The predicted molar refractivity (Wildman–Crippen MR) is 22.5 cm³/mol. The number of carbonyl (C=O) groups is 1. The molecule has 0 aromatic rings. The van der Waals surface area contributed by atoms with Crippen molar-refractivity contribution < 1.29 is 48.9 Å². The van der Waals surface area contributed by atoms with Gasteiger partial charge in [-0.05, 0) is 0 Å². The Balaban J connectivity index is 0. The molecule has 1 unspecified atom stereocenters. The standard InChI is InChI=1S/C2H4N2O.CH3.Ac/c3-1-2(5)4-1;;/h1H,3H2,(H,4,5);1H3;/q;-1;. The summed E-state index contributed by atoms with van der Waals surface area (Å²) < 4.78 is 0. The molecule has 1 amide bonds. The summed E-state index contributed by atoms with van der Waals surface area (Å²) in [5, 5.41) is 2.33. The van der Waals surface area contributed by atoms with Crippen LogP contribution in [0.15, 0.2) is 0 Å². The summed E-state index contributed by atoms with van der Waals surface area (Å²) in [7, 11) is 0. The van der Waals surface area contributed by atoms with Gasteiger partial charge < -0.3 is 18.5 Å². The summed E-state index contributed by atoms with van der Waals surface area (Å²) in [5.74, 6) is -0.0509. The van der Waals surface area contributed by atoms with Gasteiger partial charge >= 0.3 is 0 Å². The van der Waals surface area contributed by atoms with Gasteiger partial charge in [-0.25, -0.2) is 0 Å². The molecule has 4 heteroatoms. The van der Waals surface area contributed by atoms with E-state index in [4.69, 9.17) is 5.73 Å². The molecule has 39 valence electrons. The molecule has 3 nitrogen and oxygen atoms in total. The topological polar surface area (TPSA) is 65.0 Å². The molecule has 1 aliphatic heterocycles. The summed E-state index contributed by atoms with van der Waals surface area (Å²) in [6.45, 7) is 0. The number of amides is 1. The van der Waals surface area contributed by atoms with Gasteiger partial charge in [0.1, 0.15) is 0 Å². The predicted octanol–water partition coefficient (Wildman–Crippen LogP) is -1.15. The van der Waals surface area contributed by atoms with Gasteiger partial charge in [-0.15, -0.1) is 0 Å². The first-order valence-corrected chi connectivity index (χ1v) is 1.36. The second kappa shape index (κ2) is 3.82.